The normalized spacial score (nSPS) is 10.4. The van der Waals surface area contributed by atoms with Gasteiger partial charge in [-0.25, -0.2) is 4.39 Å². The molecule has 0 aliphatic carbocycles. The van der Waals surface area contributed by atoms with E-state index in [1.165, 1.54) is 30.6 Å². The van der Waals surface area contributed by atoms with Crippen molar-refractivity contribution in [2.24, 2.45) is 0 Å². The number of hydrogen-bond donors (Lipinski definition) is 0. The van der Waals surface area contributed by atoms with E-state index < -0.39 is 5.82 Å². The zero-order valence-corrected chi connectivity index (χ0v) is 12.2. The van der Waals surface area contributed by atoms with Gasteiger partial charge in [0, 0.05) is 6.07 Å². The Morgan fingerprint density at radius 2 is 2.17 bits per heavy atom. The Hall–Kier alpha value is -1.20. The van der Waals surface area contributed by atoms with Crippen molar-refractivity contribution in [3.8, 4) is 5.75 Å². The third kappa shape index (κ3) is 2.33. The molecule has 0 bridgehead atoms. The fourth-order valence-electron chi connectivity index (χ4n) is 1.60. The van der Waals surface area contributed by atoms with E-state index in [4.69, 9.17) is 4.74 Å². The molecule has 1 aromatic heterocycles. The Balaban J connectivity index is 2.54. The van der Waals surface area contributed by atoms with Crippen LogP contribution in [0.15, 0.2) is 28.1 Å². The van der Waals surface area contributed by atoms with Crippen molar-refractivity contribution in [3.63, 3.8) is 0 Å². The van der Waals surface area contributed by atoms with Gasteiger partial charge in [0.05, 0.1) is 22.0 Å². The molecule has 2 rings (SSSR count). The van der Waals surface area contributed by atoms with Crippen LogP contribution in [-0.4, -0.2) is 12.9 Å². The molecule has 2 aromatic rings. The quantitative estimate of drug-likeness (QED) is 0.789. The molecule has 0 amide bonds. The summed E-state index contributed by atoms with van der Waals surface area (Å²) in [5.41, 5.74) is 1.27. The number of carbonyl (C=O) groups is 1. The molecule has 1 aromatic carbocycles. The molecule has 18 heavy (non-hydrogen) atoms. The molecule has 0 radical (unpaired) electrons. The molecule has 1 heterocycles. The Labute approximate surface area is 117 Å². The summed E-state index contributed by atoms with van der Waals surface area (Å²) in [5, 5.41) is 1.85. The summed E-state index contributed by atoms with van der Waals surface area (Å²) in [5.74, 6) is -0.361. The molecule has 0 fully saturated rings. The van der Waals surface area contributed by atoms with Gasteiger partial charge in [0.25, 0.3) is 0 Å². The van der Waals surface area contributed by atoms with Crippen molar-refractivity contribution in [1.82, 2.24) is 0 Å². The molecule has 5 heteroatoms. The maximum Gasteiger partial charge on any atom is 0.206 e. The number of aryl methyl sites for hydroxylation is 1. The van der Waals surface area contributed by atoms with Gasteiger partial charge in [-0.3, -0.25) is 4.79 Å². The highest BCUT2D eigenvalue weighted by atomic mass is 79.9. The first-order valence-electron chi connectivity index (χ1n) is 5.16. The number of carbonyl (C=O) groups excluding carboxylic acids is 1. The molecule has 2 nitrogen and oxygen atoms in total. The van der Waals surface area contributed by atoms with Crippen LogP contribution in [0.3, 0.4) is 0 Å². The van der Waals surface area contributed by atoms with Crippen LogP contribution in [0.4, 0.5) is 4.39 Å². The van der Waals surface area contributed by atoms with Crippen LogP contribution in [0.1, 0.15) is 20.8 Å². The zero-order chi connectivity index (χ0) is 13.3. The number of rotatable bonds is 3. The maximum absolute atomic E-state index is 13.4. The predicted octanol–water partition coefficient (Wildman–Crippen LogP) is 4.20. The minimum Gasteiger partial charge on any atom is -0.496 e. The number of hydrogen-bond acceptors (Lipinski definition) is 3. The van der Waals surface area contributed by atoms with Crippen molar-refractivity contribution in [2.45, 2.75) is 6.92 Å². The highest BCUT2D eigenvalue weighted by Gasteiger charge is 2.19. The van der Waals surface area contributed by atoms with E-state index in [-0.39, 0.29) is 16.0 Å². The van der Waals surface area contributed by atoms with Crippen molar-refractivity contribution < 1.29 is 13.9 Å². The fraction of sp³-hybridized carbons (Fsp3) is 0.154. The smallest absolute Gasteiger partial charge is 0.206 e. The number of methoxy groups -OCH3 is 1. The van der Waals surface area contributed by atoms with E-state index in [1.807, 2.05) is 18.4 Å². The highest BCUT2D eigenvalue weighted by Crippen LogP contribution is 2.30. The average molecular weight is 329 g/mol. The molecule has 0 aliphatic heterocycles. The molecule has 0 saturated carbocycles. The van der Waals surface area contributed by atoms with Gasteiger partial charge in [-0.2, -0.15) is 0 Å². The summed E-state index contributed by atoms with van der Waals surface area (Å²) in [6.07, 6.45) is 0. The first-order valence-corrected chi connectivity index (χ1v) is 6.83. The highest BCUT2D eigenvalue weighted by molar-refractivity contribution is 9.10. The van der Waals surface area contributed by atoms with Gasteiger partial charge in [-0.15, -0.1) is 11.3 Å². The molecule has 0 atom stereocenters. The van der Waals surface area contributed by atoms with Crippen molar-refractivity contribution in [2.75, 3.05) is 7.11 Å². The largest absolute Gasteiger partial charge is 0.496 e. The Bertz CT molecular complexity index is 607. The van der Waals surface area contributed by atoms with Gasteiger partial charge in [0.15, 0.2) is 0 Å². The summed E-state index contributed by atoms with van der Waals surface area (Å²) >= 11 is 4.45. The lowest BCUT2D eigenvalue weighted by atomic mass is 10.1. The summed E-state index contributed by atoms with van der Waals surface area (Å²) in [6.45, 7) is 1.87. The monoisotopic (exact) mass is 328 g/mol. The molecular weight excluding hydrogens is 319 g/mol. The van der Waals surface area contributed by atoms with E-state index in [1.54, 1.807) is 0 Å². The van der Waals surface area contributed by atoms with E-state index in [9.17, 15) is 9.18 Å². The standard InChI is InChI=1S/C13H10BrFO2S/c1-7-3-4-18-13(7)12(16)8-5-9(14)10(15)6-11(8)17-2/h3-6H,1-2H3. The Morgan fingerprint density at radius 3 is 2.72 bits per heavy atom. The number of thiophene rings is 1. The Morgan fingerprint density at radius 1 is 1.44 bits per heavy atom. The van der Waals surface area contributed by atoms with Gasteiger partial charge >= 0.3 is 0 Å². The number of benzene rings is 1. The van der Waals surface area contributed by atoms with Crippen LogP contribution in [0.2, 0.25) is 0 Å². The van der Waals surface area contributed by atoms with E-state index >= 15 is 0 Å². The van der Waals surface area contributed by atoms with Crippen LogP contribution in [0, 0.1) is 12.7 Å². The van der Waals surface area contributed by atoms with Gasteiger partial charge in [0.1, 0.15) is 11.6 Å². The van der Waals surface area contributed by atoms with Crippen molar-refractivity contribution in [1.29, 1.82) is 0 Å². The summed E-state index contributed by atoms with van der Waals surface area (Å²) in [4.78, 5) is 13.0. The molecule has 0 aliphatic rings. The number of halogens is 2. The SMILES string of the molecule is COc1cc(F)c(Br)cc1C(=O)c1sccc1C. The lowest BCUT2D eigenvalue weighted by molar-refractivity contribution is 0.103. The second-order valence-electron chi connectivity index (χ2n) is 3.73. The van der Waals surface area contributed by atoms with Crippen LogP contribution >= 0.6 is 27.3 Å². The number of ketones is 1. The second-order valence-corrected chi connectivity index (χ2v) is 5.50. The van der Waals surface area contributed by atoms with Gasteiger partial charge in [-0.1, -0.05) is 0 Å². The molecular formula is C13H10BrFO2S. The zero-order valence-electron chi connectivity index (χ0n) is 9.79. The second kappa shape index (κ2) is 5.20. The summed E-state index contributed by atoms with van der Waals surface area (Å²) in [6, 6.07) is 4.54. The van der Waals surface area contributed by atoms with E-state index in [0.29, 0.717) is 10.4 Å². The molecule has 0 saturated heterocycles. The molecule has 0 spiro atoms. The lowest BCUT2D eigenvalue weighted by Gasteiger charge is -2.08. The molecule has 0 unspecified atom stereocenters. The number of ether oxygens (including phenoxy) is 1. The van der Waals surface area contributed by atoms with Crippen LogP contribution in [0.25, 0.3) is 0 Å². The van der Waals surface area contributed by atoms with Crippen LogP contribution in [0.5, 0.6) is 5.75 Å². The topological polar surface area (TPSA) is 26.3 Å². The Kier molecular flexibility index (Phi) is 3.82. The third-order valence-corrected chi connectivity index (χ3v) is 4.18. The van der Waals surface area contributed by atoms with Crippen molar-refractivity contribution in [3.05, 3.63) is 49.9 Å². The first kappa shape index (κ1) is 13.2. The fourth-order valence-corrected chi connectivity index (χ4v) is 2.83. The molecule has 94 valence electrons. The van der Waals surface area contributed by atoms with Crippen LogP contribution in [-0.2, 0) is 0 Å². The minimum atomic E-state index is -0.452. The van der Waals surface area contributed by atoms with Crippen molar-refractivity contribution >= 4 is 33.0 Å². The van der Waals surface area contributed by atoms with E-state index in [0.717, 1.165) is 5.56 Å². The average Bonchev–Trinajstić information content (AvgIpc) is 2.77. The van der Waals surface area contributed by atoms with Crippen LogP contribution < -0.4 is 4.74 Å². The van der Waals surface area contributed by atoms with E-state index in [2.05, 4.69) is 15.9 Å². The summed E-state index contributed by atoms with van der Waals surface area (Å²) in [7, 11) is 1.42. The summed E-state index contributed by atoms with van der Waals surface area (Å²) < 4.78 is 18.7. The third-order valence-electron chi connectivity index (χ3n) is 2.56. The first-order chi connectivity index (χ1) is 8.54. The van der Waals surface area contributed by atoms with Gasteiger partial charge < -0.3 is 4.74 Å². The van der Waals surface area contributed by atoms with Gasteiger partial charge in [-0.05, 0) is 45.9 Å². The molecule has 0 N–H and O–H groups in total. The lowest BCUT2D eigenvalue weighted by Crippen LogP contribution is -2.04. The van der Waals surface area contributed by atoms with Gasteiger partial charge in [0.2, 0.25) is 5.78 Å². The predicted molar refractivity (Wildman–Crippen MR) is 73.1 cm³/mol. The minimum absolute atomic E-state index is 0.153. The maximum atomic E-state index is 13.4.